The normalized spacial score (nSPS) is 19.7. The predicted molar refractivity (Wildman–Crippen MR) is 92.1 cm³/mol. The fourth-order valence-corrected chi connectivity index (χ4v) is 3.70. The number of aromatic nitrogens is 1. The first kappa shape index (κ1) is 15.3. The number of ether oxygens (including phenoxy) is 1. The van der Waals surface area contributed by atoms with Gasteiger partial charge in [-0.15, -0.1) is 11.3 Å². The highest BCUT2D eigenvalue weighted by Crippen LogP contribution is 2.30. The molecule has 2 aliphatic rings. The minimum Gasteiger partial charge on any atom is -0.368 e. The standard InChI is InChI=1S/C17H17N3O3S/c21-15-6-4-10-8-11(3-5-12(10)18-15)13-9-24-17(19-13)20-16(22)14-2-1-7-23-14/h3,5,8-9,14H,1-2,4,6-7H2,(H,18,21)(H,19,20,22)/t14-/m0/s1. The lowest BCUT2D eigenvalue weighted by Crippen LogP contribution is -2.26. The van der Waals surface area contributed by atoms with Crippen LogP contribution in [0.25, 0.3) is 11.3 Å². The molecular weight excluding hydrogens is 326 g/mol. The Hall–Kier alpha value is -2.25. The number of rotatable bonds is 3. The summed E-state index contributed by atoms with van der Waals surface area (Å²) in [7, 11) is 0. The molecule has 4 rings (SSSR count). The van der Waals surface area contributed by atoms with Crippen LogP contribution in [0.2, 0.25) is 0 Å². The molecule has 1 aromatic heterocycles. The fourth-order valence-electron chi connectivity index (χ4n) is 2.98. The number of aryl methyl sites for hydroxylation is 1. The number of thiazole rings is 1. The maximum absolute atomic E-state index is 12.1. The van der Waals surface area contributed by atoms with Crippen LogP contribution >= 0.6 is 11.3 Å². The first-order valence-corrected chi connectivity index (χ1v) is 8.88. The molecule has 2 aliphatic heterocycles. The summed E-state index contributed by atoms with van der Waals surface area (Å²) >= 11 is 1.40. The average molecular weight is 343 g/mol. The third-order valence-corrected chi connectivity index (χ3v) is 5.01. The Morgan fingerprint density at radius 2 is 2.29 bits per heavy atom. The van der Waals surface area contributed by atoms with Crippen LogP contribution in [0.4, 0.5) is 10.8 Å². The van der Waals surface area contributed by atoms with Crippen LogP contribution in [0.15, 0.2) is 23.6 Å². The van der Waals surface area contributed by atoms with Gasteiger partial charge in [0.15, 0.2) is 5.13 Å². The van der Waals surface area contributed by atoms with E-state index in [4.69, 9.17) is 4.74 Å². The topological polar surface area (TPSA) is 80.3 Å². The van der Waals surface area contributed by atoms with Crippen molar-refractivity contribution in [2.45, 2.75) is 31.8 Å². The quantitative estimate of drug-likeness (QED) is 0.898. The summed E-state index contributed by atoms with van der Waals surface area (Å²) in [5, 5.41) is 8.21. The second kappa shape index (κ2) is 6.33. The molecule has 1 fully saturated rings. The maximum atomic E-state index is 12.1. The van der Waals surface area contributed by atoms with Crippen molar-refractivity contribution in [1.29, 1.82) is 0 Å². The van der Waals surface area contributed by atoms with Crippen LogP contribution in [-0.4, -0.2) is 29.5 Å². The Bertz CT molecular complexity index is 796. The van der Waals surface area contributed by atoms with Gasteiger partial charge in [-0.1, -0.05) is 6.07 Å². The smallest absolute Gasteiger partial charge is 0.255 e. The second-order valence-electron chi connectivity index (χ2n) is 5.95. The lowest BCUT2D eigenvalue weighted by Gasteiger charge is -2.17. The highest BCUT2D eigenvalue weighted by atomic mass is 32.1. The number of hydrogen-bond donors (Lipinski definition) is 2. The Kier molecular flexibility index (Phi) is 4.03. The van der Waals surface area contributed by atoms with Gasteiger partial charge in [-0.3, -0.25) is 14.9 Å². The average Bonchev–Trinajstić information content (AvgIpc) is 3.26. The molecule has 2 amide bonds. The molecule has 2 N–H and O–H groups in total. The Morgan fingerprint density at radius 1 is 1.38 bits per heavy atom. The molecule has 0 saturated carbocycles. The van der Waals surface area contributed by atoms with Gasteiger partial charge in [0.25, 0.3) is 5.91 Å². The van der Waals surface area contributed by atoms with Crippen LogP contribution in [0.1, 0.15) is 24.8 Å². The molecule has 0 bridgehead atoms. The molecule has 0 aliphatic carbocycles. The first-order valence-electron chi connectivity index (χ1n) is 8.00. The lowest BCUT2D eigenvalue weighted by atomic mass is 9.99. The van der Waals surface area contributed by atoms with Crippen LogP contribution in [0, 0.1) is 0 Å². The fraction of sp³-hybridized carbons (Fsp3) is 0.353. The minimum atomic E-state index is -0.357. The molecule has 1 atom stereocenters. The highest BCUT2D eigenvalue weighted by Gasteiger charge is 2.24. The van der Waals surface area contributed by atoms with E-state index in [1.165, 1.54) is 11.3 Å². The molecule has 7 heteroatoms. The Labute approximate surface area is 143 Å². The van der Waals surface area contributed by atoms with Gasteiger partial charge in [-0.25, -0.2) is 4.98 Å². The predicted octanol–water partition coefficient (Wildman–Crippen LogP) is 2.81. The molecular formula is C17H17N3O3S. The summed E-state index contributed by atoms with van der Waals surface area (Å²) in [5.41, 5.74) is 3.79. The van der Waals surface area contributed by atoms with Crippen molar-refractivity contribution in [2.75, 3.05) is 17.2 Å². The van der Waals surface area contributed by atoms with Gasteiger partial charge in [0, 0.05) is 29.7 Å². The summed E-state index contributed by atoms with van der Waals surface area (Å²) in [4.78, 5) is 28.0. The number of nitrogens with one attached hydrogen (secondary N) is 2. The summed E-state index contributed by atoms with van der Waals surface area (Å²) < 4.78 is 5.38. The number of fused-ring (bicyclic) bond motifs is 1. The van der Waals surface area contributed by atoms with Gasteiger partial charge in [0.2, 0.25) is 5.91 Å². The van der Waals surface area contributed by atoms with E-state index < -0.39 is 0 Å². The molecule has 0 unspecified atom stereocenters. The Morgan fingerprint density at radius 3 is 3.12 bits per heavy atom. The van der Waals surface area contributed by atoms with E-state index in [0.29, 0.717) is 18.2 Å². The van der Waals surface area contributed by atoms with E-state index in [1.54, 1.807) is 0 Å². The number of nitrogens with zero attached hydrogens (tertiary/aromatic N) is 1. The number of hydrogen-bond acceptors (Lipinski definition) is 5. The lowest BCUT2D eigenvalue weighted by molar-refractivity contribution is -0.124. The SMILES string of the molecule is O=C1CCc2cc(-c3csc(NC(=O)[C@@H]4CCCO4)n3)ccc2N1. The van der Waals surface area contributed by atoms with Crippen molar-refractivity contribution < 1.29 is 14.3 Å². The van der Waals surface area contributed by atoms with Crippen molar-refractivity contribution in [3.8, 4) is 11.3 Å². The molecule has 1 saturated heterocycles. The highest BCUT2D eigenvalue weighted by molar-refractivity contribution is 7.14. The van der Waals surface area contributed by atoms with E-state index in [2.05, 4.69) is 21.7 Å². The van der Waals surface area contributed by atoms with E-state index >= 15 is 0 Å². The summed E-state index contributed by atoms with van der Waals surface area (Å²) in [6.07, 6.45) is 2.58. The van der Waals surface area contributed by atoms with Crippen molar-refractivity contribution in [2.24, 2.45) is 0 Å². The third-order valence-electron chi connectivity index (χ3n) is 4.25. The monoisotopic (exact) mass is 343 g/mol. The number of benzene rings is 1. The first-order chi connectivity index (χ1) is 11.7. The molecule has 1 aromatic carbocycles. The molecule has 3 heterocycles. The van der Waals surface area contributed by atoms with Crippen molar-refractivity contribution in [1.82, 2.24) is 4.98 Å². The number of anilines is 2. The zero-order valence-electron chi connectivity index (χ0n) is 13.0. The van der Waals surface area contributed by atoms with Gasteiger partial charge in [0.1, 0.15) is 6.10 Å². The molecule has 24 heavy (non-hydrogen) atoms. The summed E-state index contributed by atoms with van der Waals surface area (Å²) in [5.74, 6) is -0.0652. The maximum Gasteiger partial charge on any atom is 0.255 e. The van der Waals surface area contributed by atoms with E-state index in [1.807, 2.05) is 17.5 Å². The van der Waals surface area contributed by atoms with Crippen LogP contribution in [-0.2, 0) is 20.7 Å². The van der Waals surface area contributed by atoms with Crippen molar-refractivity contribution >= 4 is 34.0 Å². The van der Waals surface area contributed by atoms with Gasteiger partial charge >= 0.3 is 0 Å². The number of carbonyl (C=O) groups excluding carboxylic acids is 2. The summed E-state index contributed by atoms with van der Waals surface area (Å²) in [6.45, 7) is 0.646. The summed E-state index contributed by atoms with van der Waals surface area (Å²) in [6, 6.07) is 5.90. The largest absolute Gasteiger partial charge is 0.368 e. The molecule has 2 aromatic rings. The molecule has 0 radical (unpaired) electrons. The van der Waals surface area contributed by atoms with Gasteiger partial charge < -0.3 is 10.1 Å². The van der Waals surface area contributed by atoms with Gasteiger partial charge in [-0.2, -0.15) is 0 Å². The van der Waals surface area contributed by atoms with Crippen molar-refractivity contribution in [3.63, 3.8) is 0 Å². The van der Waals surface area contributed by atoms with Crippen LogP contribution < -0.4 is 10.6 Å². The van der Waals surface area contributed by atoms with Crippen molar-refractivity contribution in [3.05, 3.63) is 29.1 Å². The van der Waals surface area contributed by atoms with E-state index in [-0.39, 0.29) is 17.9 Å². The zero-order chi connectivity index (χ0) is 16.5. The third kappa shape index (κ3) is 3.05. The van der Waals surface area contributed by atoms with Crippen LogP contribution in [0.3, 0.4) is 0 Å². The number of amides is 2. The van der Waals surface area contributed by atoms with E-state index in [9.17, 15) is 9.59 Å². The van der Waals surface area contributed by atoms with Gasteiger partial charge in [-0.05, 0) is 37.0 Å². The zero-order valence-corrected chi connectivity index (χ0v) is 13.8. The minimum absolute atomic E-state index is 0.0584. The van der Waals surface area contributed by atoms with Crippen LogP contribution in [0.5, 0.6) is 0 Å². The number of carbonyl (C=O) groups is 2. The van der Waals surface area contributed by atoms with E-state index in [0.717, 1.165) is 41.8 Å². The molecule has 0 spiro atoms. The molecule has 124 valence electrons. The molecule has 6 nitrogen and oxygen atoms in total. The Balaban J connectivity index is 1.50. The van der Waals surface area contributed by atoms with Gasteiger partial charge in [0.05, 0.1) is 5.69 Å². The second-order valence-corrected chi connectivity index (χ2v) is 6.81.